The number of nitrogens with one attached hydrogen (secondary N) is 1. The average molecular weight is 179 g/mol. The molecule has 0 aromatic carbocycles. The van der Waals surface area contributed by atoms with Crippen LogP contribution in [0.25, 0.3) is 0 Å². The second-order valence-electron chi connectivity index (χ2n) is 4.30. The van der Waals surface area contributed by atoms with Gasteiger partial charge in [-0.05, 0) is 24.3 Å². The van der Waals surface area contributed by atoms with Crippen LogP contribution in [-0.4, -0.2) is 22.9 Å². The highest BCUT2D eigenvalue weighted by Gasteiger charge is 2.31. The molecule has 1 aliphatic rings. The normalized spacial score (nSPS) is 19.8. The Hall–Kier alpha value is -0.830. The van der Waals surface area contributed by atoms with Crippen molar-refractivity contribution in [2.45, 2.75) is 26.8 Å². The van der Waals surface area contributed by atoms with Crippen LogP contribution in [0.3, 0.4) is 0 Å². The highest BCUT2D eigenvalue weighted by molar-refractivity contribution is 5.09. The van der Waals surface area contributed by atoms with Crippen LogP contribution in [0.4, 0.5) is 0 Å². The lowest BCUT2D eigenvalue weighted by Crippen LogP contribution is -2.52. The zero-order chi connectivity index (χ0) is 9.31. The zero-order valence-corrected chi connectivity index (χ0v) is 8.38. The summed E-state index contributed by atoms with van der Waals surface area (Å²) < 4.78 is 1.99. The van der Waals surface area contributed by atoms with Gasteiger partial charge in [-0.1, -0.05) is 6.92 Å². The summed E-state index contributed by atoms with van der Waals surface area (Å²) in [5, 5.41) is 7.59. The van der Waals surface area contributed by atoms with Gasteiger partial charge in [0.1, 0.15) is 0 Å². The Morgan fingerprint density at radius 1 is 1.62 bits per heavy atom. The van der Waals surface area contributed by atoms with Crippen LogP contribution in [0.2, 0.25) is 0 Å². The van der Waals surface area contributed by atoms with Gasteiger partial charge >= 0.3 is 0 Å². The van der Waals surface area contributed by atoms with Gasteiger partial charge in [0.25, 0.3) is 0 Å². The summed E-state index contributed by atoms with van der Waals surface area (Å²) in [6.07, 6.45) is 5.30. The van der Waals surface area contributed by atoms with Crippen molar-refractivity contribution in [2.24, 2.45) is 5.41 Å². The van der Waals surface area contributed by atoms with Crippen LogP contribution >= 0.6 is 0 Å². The molecule has 1 aliphatic heterocycles. The van der Waals surface area contributed by atoms with Crippen LogP contribution < -0.4 is 5.32 Å². The molecule has 1 aromatic heterocycles. The molecule has 0 unspecified atom stereocenters. The molecule has 3 heteroatoms. The van der Waals surface area contributed by atoms with E-state index in [1.165, 1.54) is 5.56 Å². The van der Waals surface area contributed by atoms with Crippen molar-refractivity contribution in [1.29, 1.82) is 0 Å². The van der Waals surface area contributed by atoms with Gasteiger partial charge in [0, 0.05) is 25.8 Å². The second kappa shape index (κ2) is 3.14. The van der Waals surface area contributed by atoms with Gasteiger partial charge in [-0.2, -0.15) is 5.10 Å². The number of hydrogen-bond donors (Lipinski definition) is 1. The van der Waals surface area contributed by atoms with Gasteiger partial charge in [0.15, 0.2) is 0 Å². The molecule has 3 nitrogen and oxygen atoms in total. The van der Waals surface area contributed by atoms with E-state index in [2.05, 4.69) is 30.5 Å². The lowest BCUT2D eigenvalue weighted by molar-refractivity contribution is 0.195. The van der Waals surface area contributed by atoms with E-state index in [9.17, 15) is 0 Å². The molecule has 13 heavy (non-hydrogen) atoms. The molecule has 0 saturated carbocycles. The number of aryl methyl sites for hydroxylation is 1. The Morgan fingerprint density at radius 3 is 2.85 bits per heavy atom. The fourth-order valence-corrected chi connectivity index (χ4v) is 1.84. The molecule has 1 N–H and O–H groups in total. The van der Waals surface area contributed by atoms with Crippen LogP contribution in [0, 0.1) is 5.41 Å². The summed E-state index contributed by atoms with van der Waals surface area (Å²) >= 11 is 0. The third-order valence-electron chi connectivity index (χ3n) is 2.75. The first-order valence-electron chi connectivity index (χ1n) is 4.94. The van der Waals surface area contributed by atoms with E-state index in [1.54, 1.807) is 0 Å². The molecular formula is C10H17N3. The average Bonchev–Trinajstić information content (AvgIpc) is 2.49. The monoisotopic (exact) mass is 179 g/mol. The first-order chi connectivity index (χ1) is 6.22. The molecule has 0 amide bonds. The summed E-state index contributed by atoms with van der Waals surface area (Å²) in [4.78, 5) is 0. The number of hydrogen-bond acceptors (Lipinski definition) is 2. The Kier molecular flexibility index (Phi) is 2.12. The van der Waals surface area contributed by atoms with Crippen LogP contribution in [0.15, 0.2) is 12.4 Å². The van der Waals surface area contributed by atoms with Crippen molar-refractivity contribution >= 4 is 0 Å². The molecule has 1 saturated heterocycles. The largest absolute Gasteiger partial charge is 0.316 e. The maximum Gasteiger partial charge on any atom is 0.0521 e. The lowest BCUT2D eigenvalue weighted by Gasteiger charge is -2.39. The SMILES string of the molecule is CCn1cc(CC2(C)CNC2)cn1. The third kappa shape index (κ3) is 1.75. The van der Waals surface area contributed by atoms with E-state index >= 15 is 0 Å². The van der Waals surface area contributed by atoms with Crippen LogP contribution in [0.1, 0.15) is 19.4 Å². The van der Waals surface area contributed by atoms with Crippen molar-refractivity contribution in [2.75, 3.05) is 13.1 Å². The molecule has 0 spiro atoms. The van der Waals surface area contributed by atoms with Crippen molar-refractivity contribution in [3.8, 4) is 0 Å². The van der Waals surface area contributed by atoms with Crippen molar-refractivity contribution < 1.29 is 0 Å². The van der Waals surface area contributed by atoms with Gasteiger partial charge < -0.3 is 5.32 Å². The Balaban J connectivity index is 2.01. The number of aromatic nitrogens is 2. The fraction of sp³-hybridized carbons (Fsp3) is 0.700. The summed E-state index contributed by atoms with van der Waals surface area (Å²) in [7, 11) is 0. The van der Waals surface area contributed by atoms with E-state index in [1.807, 2.05) is 10.9 Å². The molecule has 0 radical (unpaired) electrons. The molecule has 0 bridgehead atoms. The summed E-state index contributed by atoms with van der Waals surface area (Å²) in [6.45, 7) is 7.69. The van der Waals surface area contributed by atoms with Crippen molar-refractivity contribution in [3.05, 3.63) is 18.0 Å². The summed E-state index contributed by atoms with van der Waals surface area (Å²) in [6, 6.07) is 0. The van der Waals surface area contributed by atoms with Crippen molar-refractivity contribution in [1.82, 2.24) is 15.1 Å². The van der Waals surface area contributed by atoms with Crippen LogP contribution in [-0.2, 0) is 13.0 Å². The highest BCUT2D eigenvalue weighted by atomic mass is 15.3. The van der Waals surface area contributed by atoms with E-state index < -0.39 is 0 Å². The molecule has 0 aliphatic carbocycles. The minimum absolute atomic E-state index is 0.474. The van der Waals surface area contributed by atoms with E-state index in [0.29, 0.717) is 5.41 Å². The first kappa shape index (κ1) is 8.75. The quantitative estimate of drug-likeness (QED) is 0.751. The molecule has 0 atom stereocenters. The topological polar surface area (TPSA) is 29.9 Å². The minimum Gasteiger partial charge on any atom is -0.316 e. The third-order valence-corrected chi connectivity index (χ3v) is 2.75. The molecule has 1 fully saturated rings. The first-order valence-corrected chi connectivity index (χ1v) is 4.94. The van der Waals surface area contributed by atoms with E-state index in [4.69, 9.17) is 0 Å². The second-order valence-corrected chi connectivity index (χ2v) is 4.30. The zero-order valence-electron chi connectivity index (χ0n) is 8.38. The highest BCUT2D eigenvalue weighted by Crippen LogP contribution is 2.26. The van der Waals surface area contributed by atoms with E-state index in [-0.39, 0.29) is 0 Å². The number of rotatable bonds is 3. The maximum absolute atomic E-state index is 4.27. The summed E-state index contributed by atoms with van der Waals surface area (Å²) in [5.74, 6) is 0. The smallest absolute Gasteiger partial charge is 0.0521 e. The van der Waals surface area contributed by atoms with Gasteiger partial charge in [-0.3, -0.25) is 4.68 Å². The van der Waals surface area contributed by atoms with Gasteiger partial charge in [0.2, 0.25) is 0 Å². The molecule has 1 aromatic rings. The van der Waals surface area contributed by atoms with Gasteiger partial charge in [0.05, 0.1) is 6.20 Å². The minimum atomic E-state index is 0.474. The van der Waals surface area contributed by atoms with Crippen LogP contribution in [0.5, 0.6) is 0 Å². The molecular weight excluding hydrogens is 162 g/mol. The van der Waals surface area contributed by atoms with Crippen molar-refractivity contribution in [3.63, 3.8) is 0 Å². The Morgan fingerprint density at radius 2 is 2.38 bits per heavy atom. The Labute approximate surface area is 79.1 Å². The van der Waals surface area contributed by atoms with Gasteiger partial charge in [-0.15, -0.1) is 0 Å². The standard InChI is InChI=1S/C10H17N3/c1-3-13-6-9(5-12-13)4-10(2)7-11-8-10/h5-6,11H,3-4,7-8H2,1-2H3. The fourth-order valence-electron chi connectivity index (χ4n) is 1.84. The van der Waals surface area contributed by atoms with E-state index in [0.717, 1.165) is 26.1 Å². The molecule has 72 valence electrons. The predicted molar refractivity (Wildman–Crippen MR) is 52.6 cm³/mol. The Bertz CT molecular complexity index is 286. The number of nitrogens with zero attached hydrogens (tertiary/aromatic N) is 2. The van der Waals surface area contributed by atoms with Gasteiger partial charge in [-0.25, -0.2) is 0 Å². The molecule has 2 rings (SSSR count). The lowest BCUT2D eigenvalue weighted by atomic mass is 9.79. The molecule has 2 heterocycles. The predicted octanol–water partition coefficient (Wildman–Crippen LogP) is 1.05. The maximum atomic E-state index is 4.27. The summed E-state index contributed by atoms with van der Waals surface area (Å²) in [5.41, 5.74) is 1.84.